The molecule has 0 aliphatic heterocycles. The van der Waals surface area contributed by atoms with Crippen molar-refractivity contribution < 1.29 is 5.11 Å². The summed E-state index contributed by atoms with van der Waals surface area (Å²) in [5.74, 6) is 0. The molecule has 16 heavy (non-hydrogen) atoms. The predicted octanol–water partition coefficient (Wildman–Crippen LogP) is 3.71. The highest BCUT2D eigenvalue weighted by atomic mass is 79.9. The van der Waals surface area contributed by atoms with Crippen molar-refractivity contribution >= 4 is 27.3 Å². The van der Waals surface area contributed by atoms with Crippen molar-refractivity contribution in [1.29, 1.82) is 0 Å². The Morgan fingerprint density at radius 2 is 2.06 bits per heavy atom. The van der Waals surface area contributed by atoms with Gasteiger partial charge in [-0.05, 0) is 47.8 Å². The van der Waals surface area contributed by atoms with Gasteiger partial charge in [-0.25, -0.2) is 0 Å². The second-order valence-corrected chi connectivity index (χ2v) is 6.67. The molecule has 2 N–H and O–H groups in total. The quantitative estimate of drug-likeness (QED) is 0.839. The highest BCUT2D eigenvalue weighted by Crippen LogP contribution is 2.27. The number of aliphatic hydroxyl groups is 1. The van der Waals surface area contributed by atoms with Crippen LogP contribution in [0.2, 0.25) is 0 Å². The first-order chi connectivity index (χ1) is 7.50. The first kappa shape index (κ1) is 14.2. The summed E-state index contributed by atoms with van der Waals surface area (Å²) < 4.78 is 1.15. The molecule has 4 heteroatoms. The summed E-state index contributed by atoms with van der Waals surface area (Å²) in [4.78, 5) is 1.29. The third-order valence-electron chi connectivity index (χ3n) is 3.07. The molecule has 0 aliphatic carbocycles. The molecule has 1 aromatic heterocycles. The van der Waals surface area contributed by atoms with Crippen LogP contribution in [0.3, 0.4) is 0 Å². The summed E-state index contributed by atoms with van der Waals surface area (Å²) in [6.07, 6.45) is 1.58. The van der Waals surface area contributed by atoms with Gasteiger partial charge in [0.2, 0.25) is 0 Å². The molecule has 1 heterocycles. The van der Waals surface area contributed by atoms with Crippen LogP contribution in [-0.2, 0) is 0 Å². The van der Waals surface area contributed by atoms with Crippen LogP contribution in [0.5, 0.6) is 0 Å². The molecule has 1 aromatic rings. The highest BCUT2D eigenvalue weighted by molar-refractivity contribution is 9.11. The van der Waals surface area contributed by atoms with Gasteiger partial charge in [0.25, 0.3) is 0 Å². The summed E-state index contributed by atoms with van der Waals surface area (Å²) in [5, 5.41) is 13.6. The fourth-order valence-electron chi connectivity index (χ4n) is 1.50. The molecule has 0 spiro atoms. The molecule has 1 unspecified atom stereocenters. The lowest BCUT2D eigenvalue weighted by atomic mass is 9.97. The number of rotatable bonds is 6. The first-order valence-corrected chi connectivity index (χ1v) is 7.32. The predicted molar refractivity (Wildman–Crippen MR) is 74.0 cm³/mol. The van der Waals surface area contributed by atoms with Crippen molar-refractivity contribution in [2.75, 3.05) is 6.54 Å². The molecule has 0 fully saturated rings. The van der Waals surface area contributed by atoms with Crippen molar-refractivity contribution in [3.05, 3.63) is 20.8 Å². The standard InChI is InChI=1S/C12H20BrNOS/c1-4-12(15,5-2)8-14-9(3)10-6-7-11(13)16-10/h6-7,9,14-15H,4-5,8H2,1-3H3. The molecule has 0 saturated carbocycles. The van der Waals surface area contributed by atoms with Crippen LogP contribution in [0.1, 0.15) is 44.5 Å². The number of halogens is 1. The van der Waals surface area contributed by atoms with Gasteiger partial charge in [-0.1, -0.05) is 13.8 Å². The lowest BCUT2D eigenvalue weighted by Crippen LogP contribution is -2.40. The van der Waals surface area contributed by atoms with Gasteiger partial charge in [0.1, 0.15) is 0 Å². The van der Waals surface area contributed by atoms with E-state index < -0.39 is 5.60 Å². The Labute approximate surface area is 110 Å². The third-order valence-corrected chi connectivity index (χ3v) is 4.88. The van der Waals surface area contributed by atoms with Gasteiger partial charge in [0.05, 0.1) is 9.39 Å². The van der Waals surface area contributed by atoms with E-state index in [9.17, 15) is 5.11 Å². The second kappa shape index (κ2) is 6.15. The van der Waals surface area contributed by atoms with E-state index >= 15 is 0 Å². The van der Waals surface area contributed by atoms with E-state index in [1.807, 2.05) is 13.8 Å². The third kappa shape index (κ3) is 3.84. The minimum absolute atomic E-state index is 0.293. The fraction of sp³-hybridized carbons (Fsp3) is 0.667. The van der Waals surface area contributed by atoms with Crippen molar-refractivity contribution in [2.45, 2.75) is 45.3 Å². The summed E-state index contributed by atoms with van der Waals surface area (Å²) in [5.41, 5.74) is -0.567. The van der Waals surface area contributed by atoms with E-state index in [1.165, 1.54) is 4.88 Å². The Morgan fingerprint density at radius 3 is 2.50 bits per heavy atom. The molecule has 92 valence electrons. The molecule has 0 amide bonds. The topological polar surface area (TPSA) is 32.3 Å². The lowest BCUT2D eigenvalue weighted by molar-refractivity contribution is 0.0304. The smallest absolute Gasteiger partial charge is 0.0766 e. The first-order valence-electron chi connectivity index (χ1n) is 5.71. The van der Waals surface area contributed by atoms with E-state index in [0.29, 0.717) is 12.6 Å². The largest absolute Gasteiger partial charge is 0.389 e. The van der Waals surface area contributed by atoms with Gasteiger partial charge in [-0.3, -0.25) is 0 Å². The molecule has 2 nitrogen and oxygen atoms in total. The van der Waals surface area contributed by atoms with E-state index in [0.717, 1.165) is 16.6 Å². The van der Waals surface area contributed by atoms with Crippen molar-refractivity contribution in [3.8, 4) is 0 Å². The van der Waals surface area contributed by atoms with Crippen LogP contribution in [0, 0.1) is 0 Å². The van der Waals surface area contributed by atoms with E-state index in [2.05, 4.69) is 40.3 Å². The van der Waals surface area contributed by atoms with Crippen LogP contribution in [0.25, 0.3) is 0 Å². The molecule has 1 atom stereocenters. The summed E-state index contributed by atoms with van der Waals surface area (Å²) in [7, 11) is 0. The average Bonchev–Trinajstić information content (AvgIpc) is 2.72. The molecule has 0 bridgehead atoms. The molecule has 0 aliphatic rings. The van der Waals surface area contributed by atoms with Crippen molar-refractivity contribution in [3.63, 3.8) is 0 Å². The van der Waals surface area contributed by atoms with E-state index in [4.69, 9.17) is 0 Å². The molecule has 1 rings (SSSR count). The zero-order valence-electron chi connectivity index (χ0n) is 10.1. The normalized spacial score (nSPS) is 14.1. The number of nitrogens with one attached hydrogen (secondary N) is 1. The summed E-state index contributed by atoms with van der Waals surface area (Å²) in [6, 6.07) is 4.47. The van der Waals surface area contributed by atoms with Crippen molar-refractivity contribution in [1.82, 2.24) is 5.32 Å². The van der Waals surface area contributed by atoms with Crippen LogP contribution in [-0.4, -0.2) is 17.3 Å². The zero-order valence-corrected chi connectivity index (χ0v) is 12.5. The molecule has 0 aromatic carbocycles. The Morgan fingerprint density at radius 1 is 1.44 bits per heavy atom. The second-order valence-electron chi connectivity index (χ2n) is 4.18. The van der Waals surface area contributed by atoms with Gasteiger partial charge in [0, 0.05) is 17.5 Å². The van der Waals surface area contributed by atoms with Crippen LogP contribution >= 0.6 is 27.3 Å². The Bertz CT molecular complexity index is 323. The maximum atomic E-state index is 10.2. The maximum Gasteiger partial charge on any atom is 0.0766 e. The molecular formula is C12H20BrNOS. The number of thiophene rings is 1. The van der Waals surface area contributed by atoms with E-state index in [1.54, 1.807) is 11.3 Å². The average molecular weight is 306 g/mol. The Kier molecular flexibility index (Phi) is 5.44. The van der Waals surface area contributed by atoms with Gasteiger partial charge in [-0.2, -0.15) is 0 Å². The molecule has 0 radical (unpaired) electrons. The summed E-state index contributed by atoms with van der Waals surface area (Å²) >= 11 is 5.19. The lowest BCUT2D eigenvalue weighted by Gasteiger charge is -2.27. The van der Waals surface area contributed by atoms with Crippen molar-refractivity contribution in [2.24, 2.45) is 0 Å². The fourth-order valence-corrected chi connectivity index (χ4v) is 2.96. The minimum atomic E-state index is -0.567. The van der Waals surface area contributed by atoms with Gasteiger partial charge < -0.3 is 10.4 Å². The molecule has 0 saturated heterocycles. The number of hydrogen-bond acceptors (Lipinski definition) is 3. The molecular weight excluding hydrogens is 286 g/mol. The SMILES string of the molecule is CCC(O)(CC)CNC(C)c1ccc(Br)s1. The monoisotopic (exact) mass is 305 g/mol. The minimum Gasteiger partial charge on any atom is -0.389 e. The van der Waals surface area contributed by atoms with Crippen LogP contribution in [0.4, 0.5) is 0 Å². The van der Waals surface area contributed by atoms with Gasteiger partial charge in [0.15, 0.2) is 0 Å². The van der Waals surface area contributed by atoms with E-state index in [-0.39, 0.29) is 0 Å². The van der Waals surface area contributed by atoms with Gasteiger partial charge in [-0.15, -0.1) is 11.3 Å². The summed E-state index contributed by atoms with van der Waals surface area (Å²) in [6.45, 7) is 6.83. The zero-order chi connectivity index (χ0) is 12.2. The maximum absolute atomic E-state index is 10.2. The van der Waals surface area contributed by atoms with Crippen LogP contribution < -0.4 is 5.32 Å². The highest BCUT2D eigenvalue weighted by Gasteiger charge is 2.22. The van der Waals surface area contributed by atoms with Crippen LogP contribution in [0.15, 0.2) is 15.9 Å². The Balaban J connectivity index is 2.49. The van der Waals surface area contributed by atoms with Gasteiger partial charge >= 0.3 is 0 Å². The Hall–Kier alpha value is 0.1000. The number of hydrogen-bond donors (Lipinski definition) is 2.